The van der Waals surface area contributed by atoms with Gasteiger partial charge in [0.25, 0.3) is 15.9 Å². The minimum atomic E-state index is -3.88. The molecule has 4 rings (SSSR count). The van der Waals surface area contributed by atoms with Gasteiger partial charge in [-0.3, -0.25) is 9.52 Å². The molecule has 0 saturated carbocycles. The predicted octanol–water partition coefficient (Wildman–Crippen LogP) is 4.30. The number of nitrogens with zero attached hydrogens (tertiary/aromatic N) is 1. The molecule has 8 nitrogen and oxygen atoms in total. The van der Waals surface area contributed by atoms with E-state index in [2.05, 4.69) is 10.0 Å². The van der Waals surface area contributed by atoms with Crippen molar-refractivity contribution in [2.45, 2.75) is 35.5 Å². The van der Waals surface area contributed by atoms with Crippen molar-refractivity contribution in [1.82, 2.24) is 4.31 Å². The van der Waals surface area contributed by atoms with E-state index in [4.69, 9.17) is 0 Å². The van der Waals surface area contributed by atoms with Crippen molar-refractivity contribution in [1.29, 1.82) is 0 Å². The lowest BCUT2D eigenvalue weighted by Gasteiger charge is -2.20. The average Bonchev–Trinajstić information content (AvgIpc) is 3.15. The molecule has 0 aliphatic carbocycles. The molecule has 184 valence electrons. The van der Waals surface area contributed by atoms with Gasteiger partial charge in [0, 0.05) is 18.8 Å². The van der Waals surface area contributed by atoms with Crippen molar-refractivity contribution in [3.8, 4) is 0 Å². The number of hydrogen-bond donors (Lipinski definition) is 2. The van der Waals surface area contributed by atoms with E-state index in [1.807, 2.05) is 0 Å². The third-order valence-electron chi connectivity index (χ3n) is 5.78. The molecular weight excluding hydrogens is 486 g/mol. The smallest absolute Gasteiger partial charge is 0.261 e. The number of sulfonamides is 2. The SMILES string of the molecule is O=C(Nc1ccc(S(=O)(=O)N2CCCCCC2)cc1)c1ccccc1NS(=O)(=O)c1ccccc1. The second-order valence-corrected chi connectivity index (χ2v) is 11.9. The normalized spacial score (nSPS) is 15.2. The van der Waals surface area contributed by atoms with E-state index < -0.39 is 26.0 Å². The molecule has 1 aliphatic rings. The van der Waals surface area contributed by atoms with E-state index >= 15 is 0 Å². The highest BCUT2D eigenvalue weighted by Gasteiger charge is 2.25. The fourth-order valence-corrected chi connectivity index (χ4v) is 6.53. The van der Waals surface area contributed by atoms with Gasteiger partial charge in [-0.25, -0.2) is 16.8 Å². The number of amides is 1. The van der Waals surface area contributed by atoms with Gasteiger partial charge in [0.2, 0.25) is 10.0 Å². The van der Waals surface area contributed by atoms with E-state index in [-0.39, 0.29) is 21.0 Å². The lowest BCUT2D eigenvalue weighted by Crippen LogP contribution is -2.31. The molecule has 0 unspecified atom stereocenters. The molecule has 10 heteroatoms. The average molecular weight is 514 g/mol. The number of hydrogen-bond acceptors (Lipinski definition) is 5. The highest BCUT2D eigenvalue weighted by Crippen LogP contribution is 2.24. The number of carbonyl (C=O) groups excluding carboxylic acids is 1. The van der Waals surface area contributed by atoms with Gasteiger partial charge in [-0.05, 0) is 61.4 Å². The molecule has 1 fully saturated rings. The standard InChI is InChI=1S/C25H27N3O5S2/c29-25(23-12-6-7-13-24(23)27-34(30,31)21-10-4-3-5-11-21)26-20-14-16-22(17-15-20)35(32,33)28-18-8-1-2-9-19-28/h3-7,10-17,27H,1-2,8-9,18-19H2,(H,26,29). The highest BCUT2D eigenvalue weighted by atomic mass is 32.2. The second-order valence-electron chi connectivity index (χ2n) is 8.26. The molecule has 2 N–H and O–H groups in total. The molecule has 1 saturated heterocycles. The molecule has 35 heavy (non-hydrogen) atoms. The summed E-state index contributed by atoms with van der Waals surface area (Å²) < 4.78 is 55.3. The zero-order valence-corrected chi connectivity index (χ0v) is 20.7. The van der Waals surface area contributed by atoms with Crippen molar-refractivity contribution in [2.75, 3.05) is 23.1 Å². The maximum atomic E-state index is 13.0. The fraction of sp³-hybridized carbons (Fsp3) is 0.240. The molecule has 0 radical (unpaired) electrons. The lowest BCUT2D eigenvalue weighted by molar-refractivity contribution is 0.102. The summed E-state index contributed by atoms with van der Waals surface area (Å²) in [5, 5.41) is 2.71. The summed E-state index contributed by atoms with van der Waals surface area (Å²) in [5.41, 5.74) is 0.660. The monoisotopic (exact) mass is 513 g/mol. The molecule has 0 atom stereocenters. The molecule has 1 heterocycles. The Labute approximate surface area is 206 Å². The molecular formula is C25H27N3O5S2. The number of rotatable bonds is 7. The van der Waals surface area contributed by atoms with Gasteiger partial charge in [0.15, 0.2) is 0 Å². The Hall–Kier alpha value is -3.21. The van der Waals surface area contributed by atoms with E-state index in [9.17, 15) is 21.6 Å². The topological polar surface area (TPSA) is 113 Å². The Balaban J connectivity index is 1.50. The summed E-state index contributed by atoms with van der Waals surface area (Å²) in [6.45, 7) is 1.02. The first-order valence-electron chi connectivity index (χ1n) is 11.4. The predicted molar refractivity (Wildman–Crippen MR) is 135 cm³/mol. The number of anilines is 2. The van der Waals surface area contributed by atoms with Crippen LogP contribution in [0, 0.1) is 0 Å². The van der Waals surface area contributed by atoms with Crippen LogP contribution in [0.5, 0.6) is 0 Å². The van der Waals surface area contributed by atoms with Crippen LogP contribution in [0.1, 0.15) is 36.0 Å². The highest BCUT2D eigenvalue weighted by molar-refractivity contribution is 7.92. The van der Waals surface area contributed by atoms with Crippen LogP contribution in [-0.2, 0) is 20.0 Å². The molecule has 3 aromatic rings. The van der Waals surface area contributed by atoms with Crippen LogP contribution in [0.2, 0.25) is 0 Å². The number of nitrogens with one attached hydrogen (secondary N) is 2. The molecule has 0 spiro atoms. The molecule has 0 bridgehead atoms. The third kappa shape index (κ3) is 5.90. The van der Waals surface area contributed by atoms with E-state index in [1.54, 1.807) is 30.3 Å². The van der Waals surface area contributed by atoms with Crippen LogP contribution in [0.25, 0.3) is 0 Å². The molecule has 1 amide bonds. The Morgan fingerprint density at radius 1 is 0.686 bits per heavy atom. The Kier molecular flexibility index (Phi) is 7.54. The third-order valence-corrected chi connectivity index (χ3v) is 9.08. The van der Waals surface area contributed by atoms with Crippen molar-refractivity contribution in [3.63, 3.8) is 0 Å². The Bertz CT molecular complexity index is 1380. The first-order chi connectivity index (χ1) is 16.8. The summed E-state index contributed by atoms with van der Waals surface area (Å²) in [5.74, 6) is -0.528. The summed E-state index contributed by atoms with van der Waals surface area (Å²) in [6, 6.07) is 20.1. The Morgan fingerprint density at radius 3 is 1.94 bits per heavy atom. The van der Waals surface area contributed by atoms with E-state index in [0.717, 1.165) is 25.7 Å². The number of carbonyl (C=O) groups is 1. The molecule has 0 aromatic heterocycles. The van der Waals surface area contributed by atoms with Crippen LogP contribution in [0.3, 0.4) is 0 Å². The Morgan fingerprint density at radius 2 is 1.29 bits per heavy atom. The van der Waals surface area contributed by atoms with Gasteiger partial charge < -0.3 is 5.32 Å². The summed E-state index contributed by atoms with van der Waals surface area (Å²) in [7, 11) is -7.47. The summed E-state index contributed by atoms with van der Waals surface area (Å²) in [6.07, 6.45) is 3.75. The number of benzene rings is 3. The zero-order chi connectivity index (χ0) is 24.9. The van der Waals surface area contributed by atoms with Crippen LogP contribution < -0.4 is 10.0 Å². The molecule has 3 aromatic carbocycles. The molecule has 1 aliphatic heterocycles. The van der Waals surface area contributed by atoms with Gasteiger partial charge in [0.05, 0.1) is 21.0 Å². The zero-order valence-electron chi connectivity index (χ0n) is 19.1. The minimum absolute atomic E-state index is 0.0800. The second kappa shape index (κ2) is 10.6. The summed E-state index contributed by atoms with van der Waals surface area (Å²) >= 11 is 0. The minimum Gasteiger partial charge on any atom is -0.322 e. The summed E-state index contributed by atoms with van der Waals surface area (Å²) in [4.78, 5) is 13.2. The van der Waals surface area contributed by atoms with Gasteiger partial charge in [-0.2, -0.15) is 4.31 Å². The van der Waals surface area contributed by atoms with E-state index in [1.165, 1.54) is 52.8 Å². The van der Waals surface area contributed by atoms with Crippen molar-refractivity contribution >= 4 is 37.3 Å². The largest absolute Gasteiger partial charge is 0.322 e. The van der Waals surface area contributed by atoms with Gasteiger partial charge >= 0.3 is 0 Å². The van der Waals surface area contributed by atoms with E-state index in [0.29, 0.717) is 18.8 Å². The first-order valence-corrected chi connectivity index (χ1v) is 14.3. The number of para-hydroxylation sites is 1. The maximum absolute atomic E-state index is 13.0. The van der Waals surface area contributed by atoms with Crippen LogP contribution in [0.15, 0.2) is 88.7 Å². The van der Waals surface area contributed by atoms with Crippen LogP contribution >= 0.6 is 0 Å². The van der Waals surface area contributed by atoms with Gasteiger partial charge in [-0.1, -0.05) is 43.2 Å². The quantitative estimate of drug-likeness (QED) is 0.489. The van der Waals surface area contributed by atoms with Gasteiger partial charge in [-0.15, -0.1) is 0 Å². The van der Waals surface area contributed by atoms with Crippen molar-refractivity contribution in [3.05, 3.63) is 84.4 Å². The fourth-order valence-electron chi connectivity index (χ4n) is 3.91. The maximum Gasteiger partial charge on any atom is 0.261 e. The lowest BCUT2D eigenvalue weighted by atomic mass is 10.1. The van der Waals surface area contributed by atoms with Crippen molar-refractivity contribution in [2.24, 2.45) is 0 Å². The first kappa shape index (κ1) is 24.9. The van der Waals surface area contributed by atoms with Crippen LogP contribution in [0.4, 0.5) is 11.4 Å². The van der Waals surface area contributed by atoms with Crippen LogP contribution in [-0.4, -0.2) is 40.1 Å². The van der Waals surface area contributed by atoms with Gasteiger partial charge in [0.1, 0.15) is 0 Å². The van der Waals surface area contributed by atoms with Crippen molar-refractivity contribution < 1.29 is 21.6 Å².